The van der Waals surface area contributed by atoms with Gasteiger partial charge in [-0.15, -0.1) is 0 Å². The maximum absolute atomic E-state index is 15.1. The van der Waals surface area contributed by atoms with Gasteiger partial charge in [0.1, 0.15) is 35.6 Å². The fourth-order valence-electron chi connectivity index (χ4n) is 5.54. The van der Waals surface area contributed by atoms with Crippen LogP contribution >= 0.6 is 0 Å². The van der Waals surface area contributed by atoms with Gasteiger partial charge in [0.15, 0.2) is 0 Å². The molecule has 1 saturated heterocycles. The zero-order chi connectivity index (χ0) is 37.0. The van der Waals surface area contributed by atoms with Gasteiger partial charge >= 0.3 is 18.3 Å². The average Bonchev–Trinajstić information content (AvgIpc) is 3.03. The summed E-state index contributed by atoms with van der Waals surface area (Å²) >= 11 is 0. The van der Waals surface area contributed by atoms with Crippen molar-refractivity contribution in [1.82, 2.24) is 5.32 Å². The van der Waals surface area contributed by atoms with Crippen molar-refractivity contribution in [2.24, 2.45) is 0 Å². The van der Waals surface area contributed by atoms with Gasteiger partial charge in [0.2, 0.25) is 0 Å². The standard InChI is InChI=1S/C34H31F8N3O5/c1-44(2)23-8-4-7-21(14-23)30(34(40,41)42)22(17-46)12-19-5-3-6-20(11-19)13-27(32(48)49)43-31(47)29-25(35)15-24(16-26(29)36)45-9-10-50-18-28(45)33(37,38)39/h3-8,11,14-17,27-28H,9-10,12-13,18H2,1-2H3,(H,43,47)(H,48,49)/b30-22+/t27-,28+/m0/s1. The second-order valence-electron chi connectivity index (χ2n) is 11.6. The Balaban J connectivity index is 1.57. The minimum atomic E-state index is -4.91. The number of nitrogens with zero attached hydrogens (tertiary/aromatic N) is 2. The quantitative estimate of drug-likeness (QED) is 0.143. The molecule has 2 atom stereocenters. The fourth-order valence-corrected chi connectivity index (χ4v) is 5.54. The molecule has 0 spiro atoms. The highest BCUT2D eigenvalue weighted by atomic mass is 19.4. The van der Waals surface area contributed by atoms with E-state index in [0.717, 1.165) is 0 Å². The van der Waals surface area contributed by atoms with Crippen molar-refractivity contribution < 1.29 is 59.4 Å². The number of ether oxygens (including phenoxy) is 1. The molecule has 268 valence electrons. The van der Waals surface area contributed by atoms with Crippen LogP contribution in [0.2, 0.25) is 0 Å². The van der Waals surface area contributed by atoms with Crippen molar-refractivity contribution in [2.75, 3.05) is 43.7 Å². The third kappa shape index (κ3) is 8.97. The van der Waals surface area contributed by atoms with Crippen LogP contribution in [0.25, 0.3) is 5.57 Å². The van der Waals surface area contributed by atoms with E-state index in [1.54, 1.807) is 25.1 Å². The third-order valence-electron chi connectivity index (χ3n) is 7.92. The van der Waals surface area contributed by atoms with Crippen molar-refractivity contribution >= 4 is 35.1 Å². The highest BCUT2D eigenvalue weighted by Crippen LogP contribution is 2.38. The number of aliphatic carboxylic acids is 1. The number of allylic oxidation sites excluding steroid dienone is 2. The Hall–Kier alpha value is -4.99. The Morgan fingerprint density at radius 2 is 1.64 bits per heavy atom. The number of alkyl halides is 6. The number of amides is 1. The first kappa shape index (κ1) is 37.8. The molecule has 0 aromatic heterocycles. The number of carbonyl (C=O) groups excluding carboxylic acids is 2. The van der Waals surface area contributed by atoms with Gasteiger partial charge in [-0.25, -0.2) is 13.6 Å². The second-order valence-corrected chi connectivity index (χ2v) is 11.6. The SMILES string of the molecule is CN(C)c1cccc(/C(=C(\C=O)Cc2cccc(C[C@H](NC(=O)c3c(F)cc(N4CCOC[C@@H]4C(F)(F)F)cc3F)C(=O)O)c2)C(F)(F)F)c1. The summed E-state index contributed by atoms with van der Waals surface area (Å²) < 4.78 is 118. The highest BCUT2D eigenvalue weighted by molar-refractivity contribution is 5.97. The van der Waals surface area contributed by atoms with Crippen molar-refractivity contribution in [2.45, 2.75) is 37.3 Å². The van der Waals surface area contributed by atoms with Crippen LogP contribution in [0.5, 0.6) is 0 Å². The van der Waals surface area contributed by atoms with Crippen LogP contribution in [0.15, 0.2) is 66.2 Å². The van der Waals surface area contributed by atoms with Crippen LogP contribution < -0.4 is 15.1 Å². The van der Waals surface area contributed by atoms with Crippen LogP contribution in [0, 0.1) is 11.6 Å². The maximum atomic E-state index is 15.1. The van der Waals surface area contributed by atoms with E-state index in [1.807, 2.05) is 5.32 Å². The number of nitrogens with one attached hydrogen (secondary N) is 1. The summed E-state index contributed by atoms with van der Waals surface area (Å²) in [6.07, 6.45) is -10.6. The molecule has 4 rings (SSSR count). The van der Waals surface area contributed by atoms with Gasteiger partial charge in [0.25, 0.3) is 5.91 Å². The first-order chi connectivity index (χ1) is 23.4. The summed E-state index contributed by atoms with van der Waals surface area (Å²) in [5.74, 6) is -6.22. The van der Waals surface area contributed by atoms with E-state index in [1.165, 1.54) is 42.5 Å². The third-order valence-corrected chi connectivity index (χ3v) is 7.92. The van der Waals surface area contributed by atoms with Crippen LogP contribution in [0.3, 0.4) is 0 Å². The zero-order valence-electron chi connectivity index (χ0n) is 26.5. The van der Waals surface area contributed by atoms with Gasteiger partial charge < -0.3 is 25.0 Å². The number of aldehydes is 1. The molecular formula is C34H31F8N3O5. The molecule has 0 unspecified atom stereocenters. The summed E-state index contributed by atoms with van der Waals surface area (Å²) in [4.78, 5) is 39.3. The number of carboxylic acid groups (broad SMARTS) is 1. The van der Waals surface area contributed by atoms with Gasteiger partial charge in [-0.2, -0.15) is 26.3 Å². The number of carbonyl (C=O) groups is 3. The lowest BCUT2D eigenvalue weighted by atomic mass is 9.93. The normalized spacial score (nSPS) is 16.4. The van der Waals surface area contributed by atoms with Gasteiger partial charge in [-0.3, -0.25) is 9.59 Å². The monoisotopic (exact) mass is 713 g/mol. The number of carboxylic acids is 1. The van der Waals surface area contributed by atoms with Crippen molar-refractivity contribution in [3.8, 4) is 0 Å². The number of hydrogen-bond donors (Lipinski definition) is 2. The molecule has 0 bridgehead atoms. The van der Waals surface area contributed by atoms with Crippen LogP contribution in [-0.4, -0.2) is 81.6 Å². The largest absolute Gasteiger partial charge is 0.480 e. The second kappa shape index (κ2) is 15.3. The van der Waals surface area contributed by atoms with Crippen LogP contribution in [-0.2, 0) is 27.2 Å². The summed E-state index contributed by atoms with van der Waals surface area (Å²) in [7, 11) is 3.28. The lowest BCUT2D eigenvalue weighted by Crippen LogP contribution is -2.53. The number of anilines is 2. The van der Waals surface area contributed by atoms with E-state index < -0.39 is 89.8 Å². The number of halogens is 8. The van der Waals surface area contributed by atoms with Gasteiger partial charge in [0.05, 0.1) is 18.8 Å². The molecule has 1 fully saturated rings. The number of morpholine rings is 1. The van der Waals surface area contributed by atoms with Crippen molar-refractivity contribution in [3.05, 3.63) is 100 Å². The fraction of sp³-hybridized carbons (Fsp3) is 0.324. The first-order valence-electron chi connectivity index (χ1n) is 15.0. The summed E-state index contributed by atoms with van der Waals surface area (Å²) in [5, 5.41) is 11.8. The molecule has 1 aliphatic heterocycles. The van der Waals surface area contributed by atoms with E-state index in [2.05, 4.69) is 0 Å². The van der Waals surface area contributed by atoms with Gasteiger partial charge in [0, 0.05) is 50.4 Å². The number of rotatable bonds is 11. The number of hydrogen-bond acceptors (Lipinski definition) is 6. The predicted octanol–water partition coefficient (Wildman–Crippen LogP) is 5.98. The van der Waals surface area contributed by atoms with E-state index in [-0.39, 0.29) is 36.1 Å². The molecule has 50 heavy (non-hydrogen) atoms. The van der Waals surface area contributed by atoms with Crippen LogP contribution in [0.4, 0.5) is 46.5 Å². The summed E-state index contributed by atoms with van der Waals surface area (Å²) in [6, 6.07) is 8.11. The highest BCUT2D eigenvalue weighted by Gasteiger charge is 2.46. The Bertz CT molecular complexity index is 1750. The molecular weight excluding hydrogens is 682 g/mol. The van der Waals surface area contributed by atoms with Crippen molar-refractivity contribution in [1.29, 1.82) is 0 Å². The lowest BCUT2D eigenvalue weighted by Gasteiger charge is -2.38. The summed E-state index contributed by atoms with van der Waals surface area (Å²) in [6.45, 7) is -1.28. The maximum Gasteiger partial charge on any atom is 0.417 e. The zero-order valence-corrected chi connectivity index (χ0v) is 26.5. The molecule has 16 heteroatoms. The van der Waals surface area contributed by atoms with Crippen LogP contribution in [0.1, 0.15) is 27.0 Å². The Morgan fingerprint density at radius 1 is 1.00 bits per heavy atom. The minimum Gasteiger partial charge on any atom is -0.480 e. The van der Waals surface area contributed by atoms with E-state index in [0.29, 0.717) is 22.7 Å². The molecule has 0 radical (unpaired) electrons. The van der Waals surface area contributed by atoms with E-state index in [9.17, 15) is 45.8 Å². The van der Waals surface area contributed by atoms with Crippen molar-refractivity contribution in [3.63, 3.8) is 0 Å². The summed E-state index contributed by atoms with van der Waals surface area (Å²) in [5.41, 5.74) is -2.89. The number of benzene rings is 3. The molecule has 0 saturated carbocycles. The van der Waals surface area contributed by atoms with Gasteiger partial charge in [-0.1, -0.05) is 36.4 Å². The van der Waals surface area contributed by atoms with E-state index in [4.69, 9.17) is 4.74 Å². The Labute approximate surface area is 280 Å². The first-order valence-corrected chi connectivity index (χ1v) is 15.0. The predicted molar refractivity (Wildman–Crippen MR) is 167 cm³/mol. The molecule has 1 aliphatic rings. The molecule has 1 heterocycles. The Morgan fingerprint density at radius 3 is 2.22 bits per heavy atom. The lowest BCUT2D eigenvalue weighted by molar-refractivity contribution is -0.167. The smallest absolute Gasteiger partial charge is 0.417 e. The van der Waals surface area contributed by atoms with Gasteiger partial charge in [-0.05, 0) is 41.0 Å². The minimum absolute atomic E-state index is 0.0921. The average molecular weight is 714 g/mol. The van der Waals surface area contributed by atoms with E-state index >= 15 is 8.78 Å². The molecule has 8 nitrogen and oxygen atoms in total. The molecule has 0 aliphatic carbocycles. The topological polar surface area (TPSA) is 99.2 Å². The molecule has 3 aromatic rings. The molecule has 1 amide bonds. The Kier molecular flexibility index (Phi) is 11.6. The molecule has 3 aromatic carbocycles. The molecule has 2 N–H and O–H groups in total.